The third-order valence-corrected chi connectivity index (χ3v) is 3.70. The number of hydrogen-bond donors (Lipinski definition) is 2. The van der Waals surface area contributed by atoms with Crippen molar-refractivity contribution in [3.8, 4) is 5.75 Å². The number of aromatic amines is 1. The normalized spacial score (nSPS) is 12.4. The molecule has 0 saturated heterocycles. The zero-order valence-electron chi connectivity index (χ0n) is 13.3. The van der Waals surface area contributed by atoms with Crippen molar-refractivity contribution in [3.05, 3.63) is 47.4 Å². The molecule has 2 aromatic heterocycles. The van der Waals surface area contributed by atoms with E-state index in [4.69, 9.17) is 4.74 Å². The molecule has 0 amide bonds. The van der Waals surface area contributed by atoms with Gasteiger partial charge in [-0.1, -0.05) is 12.1 Å². The number of methoxy groups -OCH3 is 1. The SMILES string of the molecule is COc1ccc(C(C)Nc2nc(C)nc3[nH]c(C)cc23)cc1. The van der Waals surface area contributed by atoms with Gasteiger partial charge in [-0.05, 0) is 44.5 Å². The van der Waals surface area contributed by atoms with Gasteiger partial charge in [-0.3, -0.25) is 0 Å². The van der Waals surface area contributed by atoms with Crippen molar-refractivity contribution in [1.29, 1.82) is 0 Å². The largest absolute Gasteiger partial charge is 0.497 e. The Balaban J connectivity index is 1.91. The summed E-state index contributed by atoms with van der Waals surface area (Å²) in [6.45, 7) is 6.04. The highest BCUT2D eigenvalue weighted by atomic mass is 16.5. The van der Waals surface area contributed by atoms with E-state index in [9.17, 15) is 0 Å². The van der Waals surface area contributed by atoms with Crippen LogP contribution in [0.4, 0.5) is 5.82 Å². The molecule has 1 aromatic carbocycles. The molecule has 0 aliphatic rings. The van der Waals surface area contributed by atoms with Crippen LogP contribution in [0.1, 0.15) is 30.0 Å². The van der Waals surface area contributed by atoms with Crippen molar-refractivity contribution in [2.24, 2.45) is 0 Å². The number of nitrogens with one attached hydrogen (secondary N) is 2. The average Bonchev–Trinajstić information content (AvgIpc) is 2.87. The Hall–Kier alpha value is -2.56. The number of ether oxygens (including phenoxy) is 1. The lowest BCUT2D eigenvalue weighted by Gasteiger charge is -2.16. The van der Waals surface area contributed by atoms with Gasteiger partial charge in [-0.25, -0.2) is 9.97 Å². The number of anilines is 1. The molecule has 1 atom stereocenters. The first-order valence-electron chi connectivity index (χ1n) is 7.31. The standard InChI is InChI=1S/C17H20N4O/c1-10-9-15-16(18-10)20-12(3)21-17(15)19-11(2)13-5-7-14(22-4)8-6-13/h5-9,11H,1-4H3,(H2,18,19,20,21). The van der Waals surface area contributed by atoms with Crippen LogP contribution in [0.5, 0.6) is 5.75 Å². The number of rotatable bonds is 4. The van der Waals surface area contributed by atoms with Crippen LogP contribution in [-0.4, -0.2) is 22.1 Å². The lowest BCUT2D eigenvalue weighted by Crippen LogP contribution is -2.09. The molecular formula is C17H20N4O. The molecule has 2 heterocycles. The van der Waals surface area contributed by atoms with Crippen LogP contribution in [-0.2, 0) is 0 Å². The third-order valence-electron chi connectivity index (χ3n) is 3.70. The molecule has 0 saturated carbocycles. The van der Waals surface area contributed by atoms with Crippen molar-refractivity contribution in [2.45, 2.75) is 26.8 Å². The van der Waals surface area contributed by atoms with Gasteiger partial charge in [0.25, 0.3) is 0 Å². The Labute approximate surface area is 129 Å². The van der Waals surface area contributed by atoms with Gasteiger partial charge in [0.1, 0.15) is 23.0 Å². The summed E-state index contributed by atoms with van der Waals surface area (Å²) in [7, 11) is 1.67. The van der Waals surface area contributed by atoms with Gasteiger partial charge < -0.3 is 15.0 Å². The molecule has 114 valence electrons. The molecule has 5 heteroatoms. The number of fused-ring (bicyclic) bond motifs is 1. The Morgan fingerprint density at radius 1 is 1.14 bits per heavy atom. The van der Waals surface area contributed by atoms with E-state index < -0.39 is 0 Å². The predicted molar refractivity (Wildman–Crippen MR) is 88.4 cm³/mol. The Bertz CT molecular complexity index is 792. The van der Waals surface area contributed by atoms with Crippen LogP contribution in [0.3, 0.4) is 0 Å². The van der Waals surface area contributed by atoms with E-state index in [0.717, 1.165) is 34.1 Å². The molecule has 0 radical (unpaired) electrons. The van der Waals surface area contributed by atoms with E-state index in [1.54, 1.807) is 7.11 Å². The number of benzene rings is 1. The zero-order valence-corrected chi connectivity index (χ0v) is 13.3. The van der Waals surface area contributed by atoms with Crippen molar-refractivity contribution in [3.63, 3.8) is 0 Å². The average molecular weight is 296 g/mol. The highest BCUT2D eigenvalue weighted by molar-refractivity contribution is 5.88. The molecule has 3 aromatic rings. The first-order chi connectivity index (χ1) is 10.6. The van der Waals surface area contributed by atoms with Crippen molar-refractivity contribution >= 4 is 16.9 Å². The molecule has 5 nitrogen and oxygen atoms in total. The van der Waals surface area contributed by atoms with E-state index in [1.807, 2.05) is 26.0 Å². The highest BCUT2D eigenvalue weighted by Gasteiger charge is 2.12. The quantitative estimate of drug-likeness (QED) is 0.769. The van der Waals surface area contributed by atoms with Crippen molar-refractivity contribution in [2.75, 3.05) is 12.4 Å². The molecule has 2 N–H and O–H groups in total. The maximum absolute atomic E-state index is 5.20. The fraction of sp³-hybridized carbons (Fsp3) is 0.294. The summed E-state index contributed by atoms with van der Waals surface area (Å²) in [5, 5.41) is 4.50. The highest BCUT2D eigenvalue weighted by Crippen LogP contribution is 2.26. The van der Waals surface area contributed by atoms with E-state index in [2.05, 4.69) is 45.4 Å². The molecule has 0 aliphatic heterocycles. The minimum Gasteiger partial charge on any atom is -0.497 e. The van der Waals surface area contributed by atoms with Crippen LogP contribution in [0, 0.1) is 13.8 Å². The summed E-state index contributed by atoms with van der Waals surface area (Å²) >= 11 is 0. The second kappa shape index (κ2) is 5.67. The molecule has 22 heavy (non-hydrogen) atoms. The van der Waals surface area contributed by atoms with Crippen molar-refractivity contribution in [1.82, 2.24) is 15.0 Å². The summed E-state index contributed by atoms with van der Waals surface area (Å²) in [6, 6.07) is 10.3. The molecule has 0 fully saturated rings. The van der Waals surface area contributed by atoms with Crippen molar-refractivity contribution < 1.29 is 4.74 Å². The number of nitrogens with zero attached hydrogens (tertiary/aromatic N) is 2. The first kappa shape index (κ1) is 14.4. The smallest absolute Gasteiger partial charge is 0.143 e. The van der Waals surface area contributed by atoms with E-state index in [1.165, 1.54) is 5.56 Å². The zero-order chi connectivity index (χ0) is 15.7. The second-order valence-corrected chi connectivity index (χ2v) is 5.47. The number of aromatic nitrogens is 3. The summed E-state index contributed by atoms with van der Waals surface area (Å²) in [4.78, 5) is 12.2. The van der Waals surface area contributed by atoms with Crippen LogP contribution >= 0.6 is 0 Å². The number of H-pyrrole nitrogens is 1. The molecule has 0 aliphatic carbocycles. The van der Waals surface area contributed by atoms with E-state index in [-0.39, 0.29) is 6.04 Å². The van der Waals surface area contributed by atoms with Crippen LogP contribution < -0.4 is 10.1 Å². The summed E-state index contributed by atoms with van der Waals surface area (Å²) < 4.78 is 5.20. The Kier molecular flexibility index (Phi) is 3.71. The molecule has 3 rings (SSSR count). The van der Waals surface area contributed by atoms with Gasteiger partial charge in [0.05, 0.1) is 12.5 Å². The molecule has 0 bridgehead atoms. The van der Waals surface area contributed by atoms with Crippen LogP contribution in [0.2, 0.25) is 0 Å². The van der Waals surface area contributed by atoms with Gasteiger partial charge in [-0.15, -0.1) is 0 Å². The molecule has 1 unspecified atom stereocenters. The number of aryl methyl sites for hydroxylation is 2. The van der Waals surface area contributed by atoms with Gasteiger partial charge in [-0.2, -0.15) is 0 Å². The lowest BCUT2D eigenvalue weighted by molar-refractivity contribution is 0.414. The minimum atomic E-state index is 0.138. The number of hydrogen-bond acceptors (Lipinski definition) is 4. The van der Waals surface area contributed by atoms with E-state index >= 15 is 0 Å². The molecule has 0 spiro atoms. The topological polar surface area (TPSA) is 62.8 Å². The fourth-order valence-electron chi connectivity index (χ4n) is 2.54. The third kappa shape index (κ3) is 2.74. The van der Waals surface area contributed by atoms with Gasteiger partial charge in [0, 0.05) is 11.7 Å². The minimum absolute atomic E-state index is 0.138. The summed E-state index contributed by atoms with van der Waals surface area (Å²) in [5.74, 6) is 2.46. The Morgan fingerprint density at radius 2 is 1.86 bits per heavy atom. The Morgan fingerprint density at radius 3 is 2.55 bits per heavy atom. The molecular weight excluding hydrogens is 276 g/mol. The lowest BCUT2D eigenvalue weighted by atomic mass is 10.1. The fourth-order valence-corrected chi connectivity index (χ4v) is 2.54. The monoisotopic (exact) mass is 296 g/mol. The van der Waals surface area contributed by atoms with Crippen LogP contribution in [0.15, 0.2) is 30.3 Å². The van der Waals surface area contributed by atoms with E-state index in [0.29, 0.717) is 0 Å². The van der Waals surface area contributed by atoms with Gasteiger partial charge in [0.2, 0.25) is 0 Å². The summed E-state index contributed by atoms with van der Waals surface area (Å²) in [5.41, 5.74) is 3.13. The van der Waals surface area contributed by atoms with Gasteiger partial charge in [0.15, 0.2) is 0 Å². The van der Waals surface area contributed by atoms with Crippen LogP contribution in [0.25, 0.3) is 11.0 Å². The van der Waals surface area contributed by atoms with Gasteiger partial charge >= 0.3 is 0 Å². The predicted octanol–water partition coefficient (Wildman–Crippen LogP) is 3.76. The maximum Gasteiger partial charge on any atom is 0.143 e. The second-order valence-electron chi connectivity index (χ2n) is 5.47. The maximum atomic E-state index is 5.20. The first-order valence-corrected chi connectivity index (χ1v) is 7.31. The summed E-state index contributed by atoms with van der Waals surface area (Å²) in [6.07, 6.45) is 0.